The fourth-order valence-corrected chi connectivity index (χ4v) is 2.62. The van der Waals surface area contributed by atoms with Gasteiger partial charge in [0.1, 0.15) is 17.7 Å². The van der Waals surface area contributed by atoms with E-state index in [0.717, 1.165) is 44.2 Å². The van der Waals surface area contributed by atoms with E-state index in [0.29, 0.717) is 12.3 Å². The second kappa shape index (κ2) is 7.60. The molecule has 0 heterocycles. The van der Waals surface area contributed by atoms with Gasteiger partial charge in [0, 0.05) is 12.1 Å². The maximum absolute atomic E-state index is 13.4. The van der Waals surface area contributed by atoms with Crippen molar-refractivity contribution in [3.63, 3.8) is 0 Å². The highest BCUT2D eigenvalue weighted by molar-refractivity contribution is 5.34. The van der Waals surface area contributed by atoms with E-state index >= 15 is 0 Å². The van der Waals surface area contributed by atoms with Crippen LogP contribution in [0.1, 0.15) is 44.6 Å². The lowest BCUT2D eigenvalue weighted by molar-refractivity contribution is 0.0313. The molecule has 0 spiro atoms. The van der Waals surface area contributed by atoms with Gasteiger partial charge in [-0.3, -0.25) is 0 Å². The number of nitrogens with one attached hydrogen (secondary N) is 1. The molecule has 1 fully saturated rings. The zero-order valence-electron chi connectivity index (χ0n) is 12.1. The second-order valence-corrected chi connectivity index (χ2v) is 5.39. The molecule has 0 aromatic heterocycles. The minimum Gasteiger partial charge on any atom is -0.487 e. The monoisotopic (exact) mass is 281 g/mol. The van der Waals surface area contributed by atoms with Gasteiger partial charge in [-0.1, -0.05) is 19.8 Å². The third-order valence-corrected chi connectivity index (χ3v) is 3.78. The number of aliphatic hydroxyl groups excluding tert-OH is 1. The quantitative estimate of drug-likeness (QED) is 0.815. The van der Waals surface area contributed by atoms with Crippen LogP contribution in [0.25, 0.3) is 0 Å². The Morgan fingerprint density at radius 2 is 2.10 bits per heavy atom. The van der Waals surface area contributed by atoms with Crippen LogP contribution in [-0.2, 0) is 6.54 Å². The second-order valence-electron chi connectivity index (χ2n) is 5.39. The van der Waals surface area contributed by atoms with Crippen LogP contribution in [0.2, 0.25) is 0 Å². The normalized spacial score (nSPS) is 23.4. The first kappa shape index (κ1) is 15.3. The Morgan fingerprint density at radius 3 is 2.90 bits per heavy atom. The summed E-state index contributed by atoms with van der Waals surface area (Å²) >= 11 is 0. The molecule has 1 aromatic carbocycles. The van der Waals surface area contributed by atoms with Crippen LogP contribution in [0.3, 0.4) is 0 Å². The van der Waals surface area contributed by atoms with Gasteiger partial charge in [0.05, 0.1) is 6.10 Å². The summed E-state index contributed by atoms with van der Waals surface area (Å²) < 4.78 is 19.3. The van der Waals surface area contributed by atoms with Gasteiger partial charge in [-0.25, -0.2) is 4.39 Å². The van der Waals surface area contributed by atoms with E-state index in [1.807, 2.05) is 6.92 Å². The van der Waals surface area contributed by atoms with Gasteiger partial charge in [-0.05, 0) is 44.0 Å². The van der Waals surface area contributed by atoms with Gasteiger partial charge in [0.2, 0.25) is 0 Å². The largest absolute Gasteiger partial charge is 0.487 e. The van der Waals surface area contributed by atoms with Gasteiger partial charge in [0.15, 0.2) is 0 Å². The molecule has 4 heteroatoms. The SMILES string of the molecule is CCNCc1cc(F)ccc1OC1CCCCCC1O. The lowest BCUT2D eigenvalue weighted by atomic mass is 10.1. The van der Waals surface area contributed by atoms with Gasteiger partial charge < -0.3 is 15.2 Å². The minimum atomic E-state index is -0.422. The maximum atomic E-state index is 13.4. The molecule has 1 aliphatic rings. The van der Waals surface area contributed by atoms with E-state index in [2.05, 4.69) is 5.32 Å². The van der Waals surface area contributed by atoms with Crippen LogP contribution in [0, 0.1) is 5.82 Å². The molecule has 2 rings (SSSR count). The average Bonchev–Trinajstić information content (AvgIpc) is 2.64. The highest BCUT2D eigenvalue weighted by Gasteiger charge is 2.24. The van der Waals surface area contributed by atoms with E-state index in [9.17, 15) is 9.50 Å². The Hall–Kier alpha value is -1.13. The van der Waals surface area contributed by atoms with Crippen molar-refractivity contribution in [3.05, 3.63) is 29.6 Å². The Bertz CT molecular complexity index is 425. The van der Waals surface area contributed by atoms with Crippen molar-refractivity contribution in [2.75, 3.05) is 6.54 Å². The minimum absolute atomic E-state index is 0.177. The zero-order chi connectivity index (χ0) is 14.4. The van der Waals surface area contributed by atoms with E-state index < -0.39 is 6.10 Å². The zero-order valence-corrected chi connectivity index (χ0v) is 12.1. The molecule has 0 radical (unpaired) electrons. The molecule has 1 saturated carbocycles. The van der Waals surface area contributed by atoms with Crippen molar-refractivity contribution in [1.82, 2.24) is 5.32 Å². The van der Waals surface area contributed by atoms with Crippen molar-refractivity contribution in [2.24, 2.45) is 0 Å². The fraction of sp³-hybridized carbons (Fsp3) is 0.625. The van der Waals surface area contributed by atoms with Crippen LogP contribution in [-0.4, -0.2) is 23.9 Å². The number of hydrogen-bond acceptors (Lipinski definition) is 3. The number of aliphatic hydroxyl groups is 1. The molecule has 2 atom stereocenters. The van der Waals surface area contributed by atoms with Crippen molar-refractivity contribution in [1.29, 1.82) is 0 Å². The standard InChI is InChI=1S/C16H24FNO2/c1-2-18-11-12-10-13(17)8-9-15(12)20-16-7-5-3-4-6-14(16)19/h8-10,14,16,18-19H,2-7,11H2,1H3. The first-order valence-corrected chi connectivity index (χ1v) is 7.54. The topological polar surface area (TPSA) is 41.5 Å². The van der Waals surface area contributed by atoms with E-state index in [-0.39, 0.29) is 11.9 Å². The fourth-order valence-electron chi connectivity index (χ4n) is 2.62. The summed E-state index contributed by atoms with van der Waals surface area (Å²) in [5.41, 5.74) is 0.809. The smallest absolute Gasteiger partial charge is 0.124 e. The summed E-state index contributed by atoms with van der Waals surface area (Å²) in [7, 11) is 0. The summed E-state index contributed by atoms with van der Waals surface area (Å²) in [6.45, 7) is 3.41. The first-order valence-electron chi connectivity index (χ1n) is 7.54. The average molecular weight is 281 g/mol. The van der Waals surface area contributed by atoms with Gasteiger partial charge in [-0.2, -0.15) is 0 Å². The summed E-state index contributed by atoms with van der Waals surface area (Å²) in [5, 5.41) is 13.3. The maximum Gasteiger partial charge on any atom is 0.124 e. The molecule has 0 aliphatic heterocycles. The molecule has 2 N–H and O–H groups in total. The van der Waals surface area contributed by atoms with Crippen LogP contribution < -0.4 is 10.1 Å². The predicted octanol–water partition coefficient (Wildman–Crippen LogP) is 3.01. The number of hydrogen-bond donors (Lipinski definition) is 2. The third-order valence-electron chi connectivity index (χ3n) is 3.78. The highest BCUT2D eigenvalue weighted by atomic mass is 19.1. The summed E-state index contributed by atoms with van der Waals surface area (Å²) in [4.78, 5) is 0. The number of rotatable bonds is 5. The van der Waals surface area contributed by atoms with Crippen molar-refractivity contribution in [3.8, 4) is 5.75 Å². The number of ether oxygens (including phenoxy) is 1. The van der Waals surface area contributed by atoms with Crippen molar-refractivity contribution in [2.45, 2.75) is 57.8 Å². The molecular formula is C16H24FNO2. The number of halogens is 1. The van der Waals surface area contributed by atoms with Gasteiger partial charge >= 0.3 is 0 Å². The highest BCUT2D eigenvalue weighted by Crippen LogP contribution is 2.26. The molecule has 20 heavy (non-hydrogen) atoms. The van der Waals surface area contributed by atoms with Crippen molar-refractivity contribution >= 4 is 0 Å². The third kappa shape index (κ3) is 4.18. The molecule has 2 unspecified atom stereocenters. The molecule has 0 bridgehead atoms. The molecule has 1 aliphatic carbocycles. The van der Waals surface area contributed by atoms with E-state index in [1.165, 1.54) is 12.1 Å². The van der Waals surface area contributed by atoms with Crippen LogP contribution in [0.4, 0.5) is 4.39 Å². The Morgan fingerprint density at radius 1 is 1.30 bits per heavy atom. The van der Waals surface area contributed by atoms with Crippen LogP contribution in [0.15, 0.2) is 18.2 Å². The molecule has 3 nitrogen and oxygen atoms in total. The van der Waals surface area contributed by atoms with E-state index in [4.69, 9.17) is 4.74 Å². The lowest BCUT2D eigenvalue weighted by Crippen LogP contribution is -2.31. The number of benzene rings is 1. The van der Waals surface area contributed by atoms with E-state index in [1.54, 1.807) is 6.07 Å². The van der Waals surface area contributed by atoms with Crippen LogP contribution in [0.5, 0.6) is 5.75 Å². The lowest BCUT2D eigenvalue weighted by Gasteiger charge is -2.23. The summed E-state index contributed by atoms with van der Waals surface area (Å²) in [6, 6.07) is 4.58. The molecule has 112 valence electrons. The van der Waals surface area contributed by atoms with Gasteiger partial charge in [0.25, 0.3) is 0 Å². The van der Waals surface area contributed by atoms with Crippen LogP contribution >= 0.6 is 0 Å². The molecule has 0 saturated heterocycles. The Labute approximate surface area is 120 Å². The molecule has 0 amide bonds. The molecule has 1 aromatic rings. The summed E-state index contributed by atoms with van der Waals surface area (Å²) in [5.74, 6) is 0.421. The Balaban J connectivity index is 2.10. The Kier molecular flexibility index (Phi) is 5.80. The summed E-state index contributed by atoms with van der Waals surface area (Å²) in [6.07, 6.45) is 4.32. The molecular weight excluding hydrogens is 257 g/mol. The van der Waals surface area contributed by atoms with Gasteiger partial charge in [-0.15, -0.1) is 0 Å². The van der Waals surface area contributed by atoms with Crippen molar-refractivity contribution < 1.29 is 14.2 Å². The first-order chi connectivity index (χ1) is 9.70. The predicted molar refractivity (Wildman–Crippen MR) is 77.3 cm³/mol.